The third-order valence-electron chi connectivity index (χ3n) is 2.23. The summed E-state index contributed by atoms with van der Waals surface area (Å²) in [7, 11) is 1.68. The molecule has 0 saturated carbocycles. The number of rotatable bonds is 3. The van der Waals surface area contributed by atoms with Gasteiger partial charge < -0.3 is 0 Å². The summed E-state index contributed by atoms with van der Waals surface area (Å²) < 4.78 is 1.49. The highest BCUT2D eigenvalue weighted by Gasteiger charge is 2.12. The van der Waals surface area contributed by atoms with Crippen molar-refractivity contribution in [2.75, 3.05) is 0 Å². The first-order valence-corrected chi connectivity index (χ1v) is 6.72. The van der Waals surface area contributed by atoms with Crippen molar-refractivity contribution in [1.82, 2.24) is 25.2 Å². The summed E-state index contributed by atoms with van der Waals surface area (Å²) in [6.45, 7) is 0. The van der Waals surface area contributed by atoms with Gasteiger partial charge in [-0.2, -0.15) is 4.80 Å². The van der Waals surface area contributed by atoms with Crippen LogP contribution in [0, 0.1) is 10.1 Å². The maximum atomic E-state index is 10.7. The van der Waals surface area contributed by atoms with Crippen LogP contribution in [-0.2, 0) is 7.05 Å². The predicted molar refractivity (Wildman–Crippen MR) is 69.2 cm³/mol. The molecule has 1 aromatic carbocycles. The molecule has 0 radical (unpaired) electrons. The van der Waals surface area contributed by atoms with Crippen molar-refractivity contribution in [3.05, 3.63) is 28.3 Å². The first kappa shape index (κ1) is 12.0. The van der Waals surface area contributed by atoms with Crippen LogP contribution in [0.4, 0.5) is 5.69 Å². The molecule has 2 heterocycles. The van der Waals surface area contributed by atoms with Gasteiger partial charge in [-0.3, -0.25) is 10.1 Å². The highest BCUT2D eigenvalue weighted by atomic mass is 32.2. The van der Waals surface area contributed by atoms with E-state index < -0.39 is 4.92 Å². The Kier molecular flexibility index (Phi) is 2.87. The van der Waals surface area contributed by atoms with Gasteiger partial charge in [0.05, 0.1) is 22.2 Å². The molecule has 0 bridgehead atoms. The fourth-order valence-corrected chi connectivity index (χ4v) is 3.36. The minimum Gasteiger partial charge on any atom is -0.258 e. The summed E-state index contributed by atoms with van der Waals surface area (Å²) >= 11 is 2.64. The zero-order chi connectivity index (χ0) is 13.4. The monoisotopic (exact) mass is 294 g/mol. The minimum absolute atomic E-state index is 0.0605. The topological polar surface area (TPSA) is 99.6 Å². The van der Waals surface area contributed by atoms with E-state index in [2.05, 4.69) is 20.4 Å². The lowest BCUT2D eigenvalue weighted by molar-refractivity contribution is -0.384. The summed E-state index contributed by atoms with van der Waals surface area (Å²) in [4.78, 5) is 16.0. The van der Waals surface area contributed by atoms with Crippen LogP contribution < -0.4 is 0 Å². The maximum Gasteiger partial charge on any atom is 0.270 e. The van der Waals surface area contributed by atoms with Gasteiger partial charge in [-0.05, 0) is 23.0 Å². The van der Waals surface area contributed by atoms with Crippen LogP contribution in [0.15, 0.2) is 27.7 Å². The van der Waals surface area contributed by atoms with Crippen molar-refractivity contribution in [1.29, 1.82) is 0 Å². The maximum absolute atomic E-state index is 10.7. The lowest BCUT2D eigenvalue weighted by atomic mass is 10.3. The normalized spacial score (nSPS) is 11.0. The largest absolute Gasteiger partial charge is 0.270 e. The van der Waals surface area contributed by atoms with Crippen LogP contribution in [0.2, 0.25) is 0 Å². The van der Waals surface area contributed by atoms with Gasteiger partial charge in [0.15, 0.2) is 4.34 Å². The zero-order valence-electron chi connectivity index (χ0n) is 9.55. The molecule has 10 heteroatoms. The lowest BCUT2D eigenvalue weighted by Crippen LogP contribution is -1.91. The van der Waals surface area contributed by atoms with E-state index in [1.165, 1.54) is 40.0 Å². The van der Waals surface area contributed by atoms with Crippen molar-refractivity contribution < 1.29 is 4.92 Å². The van der Waals surface area contributed by atoms with Gasteiger partial charge in [-0.15, -0.1) is 21.5 Å². The third kappa shape index (κ3) is 2.39. The van der Waals surface area contributed by atoms with E-state index in [0.29, 0.717) is 5.16 Å². The molecule has 19 heavy (non-hydrogen) atoms. The third-order valence-corrected chi connectivity index (χ3v) is 4.16. The summed E-state index contributed by atoms with van der Waals surface area (Å²) in [5.41, 5.74) is 0.785. The zero-order valence-corrected chi connectivity index (χ0v) is 11.2. The smallest absolute Gasteiger partial charge is 0.258 e. The Labute approximate surface area is 114 Å². The van der Waals surface area contributed by atoms with Crippen LogP contribution in [0.1, 0.15) is 0 Å². The number of aryl methyl sites for hydroxylation is 1. The molecule has 0 unspecified atom stereocenters. The number of benzene rings is 1. The second-order valence-electron chi connectivity index (χ2n) is 3.55. The highest BCUT2D eigenvalue weighted by Crippen LogP contribution is 2.33. The van der Waals surface area contributed by atoms with Crippen molar-refractivity contribution in [3.8, 4) is 0 Å². The van der Waals surface area contributed by atoms with Gasteiger partial charge >= 0.3 is 0 Å². The second kappa shape index (κ2) is 4.55. The van der Waals surface area contributed by atoms with Gasteiger partial charge in [0.2, 0.25) is 5.16 Å². The molecule has 0 saturated heterocycles. The lowest BCUT2D eigenvalue weighted by Gasteiger charge is -1.88. The molecule has 0 N–H and O–H groups in total. The summed E-state index contributed by atoms with van der Waals surface area (Å²) in [5.74, 6) is 0. The Hall–Kier alpha value is -2.07. The van der Waals surface area contributed by atoms with Crippen LogP contribution in [-0.4, -0.2) is 30.1 Å². The molecule has 3 aromatic rings. The SMILES string of the molecule is Cn1nnc(Sc2nc3ccc([N+](=O)[O-])cc3s2)n1. The number of fused-ring (bicyclic) bond motifs is 1. The molecular weight excluding hydrogens is 288 g/mol. The number of tetrazole rings is 1. The van der Waals surface area contributed by atoms with Gasteiger partial charge in [-0.25, -0.2) is 4.98 Å². The Morgan fingerprint density at radius 2 is 2.32 bits per heavy atom. The number of non-ortho nitro benzene ring substituents is 1. The van der Waals surface area contributed by atoms with Gasteiger partial charge in [0.1, 0.15) is 0 Å². The van der Waals surface area contributed by atoms with E-state index in [9.17, 15) is 10.1 Å². The number of hydrogen-bond acceptors (Lipinski definition) is 8. The van der Waals surface area contributed by atoms with Gasteiger partial charge in [-0.1, -0.05) is 0 Å². The molecule has 0 aliphatic rings. The van der Waals surface area contributed by atoms with Crippen LogP contribution in [0.5, 0.6) is 0 Å². The Bertz CT molecular complexity index is 767. The first-order chi connectivity index (χ1) is 9.11. The Balaban J connectivity index is 1.95. The van der Waals surface area contributed by atoms with E-state index in [4.69, 9.17) is 0 Å². The van der Waals surface area contributed by atoms with E-state index in [0.717, 1.165) is 14.6 Å². The quantitative estimate of drug-likeness (QED) is 0.537. The number of hydrogen-bond donors (Lipinski definition) is 0. The van der Waals surface area contributed by atoms with E-state index in [-0.39, 0.29) is 5.69 Å². The highest BCUT2D eigenvalue weighted by molar-refractivity contribution is 8.01. The Morgan fingerprint density at radius 1 is 1.47 bits per heavy atom. The number of nitrogens with zero attached hydrogens (tertiary/aromatic N) is 6. The van der Waals surface area contributed by atoms with Crippen LogP contribution in [0.25, 0.3) is 10.2 Å². The second-order valence-corrected chi connectivity index (χ2v) is 5.80. The number of aromatic nitrogens is 5. The van der Waals surface area contributed by atoms with Gasteiger partial charge in [0.25, 0.3) is 5.69 Å². The average molecular weight is 294 g/mol. The fraction of sp³-hybridized carbons (Fsp3) is 0.111. The van der Waals surface area contributed by atoms with Crippen molar-refractivity contribution >= 4 is 39.0 Å². The first-order valence-electron chi connectivity index (χ1n) is 5.08. The standard InChI is InChI=1S/C9H6N6O2S2/c1-14-12-8(11-13-14)19-9-10-6-3-2-5(15(16)17)4-7(6)18-9/h2-4H,1H3. The molecule has 0 spiro atoms. The van der Waals surface area contributed by atoms with Crippen molar-refractivity contribution in [2.45, 2.75) is 9.50 Å². The summed E-state index contributed by atoms with van der Waals surface area (Å²) in [6.07, 6.45) is 0. The fourth-order valence-electron chi connectivity index (χ4n) is 1.44. The molecular formula is C9H6N6O2S2. The predicted octanol–water partition coefficient (Wildman–Crippen LogP) is 1.88. The Morgan fingerprint density at radius 3 is 3.00 bits per heavy atom. The molecule has 0 atom stereocenters. The molecule has 8 nitrogen and oxygen atoms in total. The molecule has 3 rings (SSSR count). The van der Waals surface area contributed by atoms with Gasteiger partial charge in [0, 0.05) is 12.1 Å². The average Bonchev–Trinajstić information content (AvgIpc) is 2.94. The number of nitro benzene ring substituents is 1. The molecule has 96 valence electrons. The van der Waals surface area contributed by atoms with E-state index >= 15 is 0 Å². The van der Waals surface area contributed by atoms with Crippen molar-refractivity contribution in [3.63, 3.8) is 0 Å². The minimum atomic E-state index is -0.420. The van der Waals surface area contributed by atoms with E-state index in [1.807, 2.05) is 0 Å². The molecule has 0 aliphatic carbocycles. The summed E-state index contributed by atoms with van der Waals surface area (Å²) in [6, 6.07) is 4.59. The molecule has 0 fully saturated rings. The molecule has 0 aliphatic heterocycles. The molecule has 2 aromatic heterocycles. The number of thiazole rings is 1. The molecule has 0 amide bonds. The van der Waals surface area contributed by atoms with Crippen molar-refractivity contribution in [2.24, 2.45) is 7.05 Å². The summed E-state index contributed by atoms with van der Waals surface area (Å²) in [5, 5.41) is 22.8. The van der Waals surface area contributed by atoms with E-state index in [1.54, 1.807) is 13.1 Å². The van der Waals surface area contributed by atoms with Crippen LogP contribution in [0.3, 0.4) is 0 Å². The number of nitro groups is 1. The van der Waals surface area contributed by atoms with Crippen LogP contribution >= 0.6 is 23.1 Å².